The normalized spacial score (nSPS) is 26.3. The van der Waals surface area contributed by atoms with Gasteiger partial charge in [-0.2, -0.15) is 0 Å². The van der Waals surface area contributed by atoms with Gasteiger partial charge in [-0.3, -0.25) is 38.4 Å². The van der Waals surface area contributed by atoms with Crippen LogP contribution >= 0.6 is 0 Å². The molecule has 26 heteroatoms. The SMILES string of the molecule is CO[C@@H]1[C@H](NC(=O)CCNC(=O)OC(C)(C)C)[C@H]2CNC(=O)[C@H](CC(C)C)NC(=O)[C@H](Cc3ccccc3)NC(=O)[C@@H]3O[C@H](CNC(=O)[C@H](CC(C)C)NC(=O)[C@H](Cc4ccccc4)NC(=O)[C@@H]1O2)[C@@H](NC(=O)CCNC(=O)OC(C)(C)C)[C@H]3OC. The molecule has 3 aliphatic heterocycles. The topological polar surface area (TPSA) is 346 Å². The van der Waals surface area contributed by atoms with Gasteiger partial charge in [-0.05, 0) is 77.3 Å². The molecule has 0 spiro atoms. The first-order chi connectivity index (χ1) is 40.5. The summed E-state index contributed by atoms with van der Waals surface area (Å²) in [5.74, 6) is -6.07. The van der Waals surface area contributed by atoms with Crippen LogP contribution in [-0.2, 0) is 79.6 Å². The number of hydrogen-bond acceptors (Lipinski definition) is 16. The third-order valence-corrected chi connectivity index (χ3v) is 14.0. The fourth-order valence-electron chi connectivity index (χ4n) is 10.1. The van der Waals surface area contributed by atoms with Gasteiger partial charge in [0.05, 0.1) is 24.3 Å². The Hall–Kier alpha value is -7.42. The number of hydrogen-bond donors (Lipinski definition) is 10. The van der Waals surface area contributed by atoms with Gasteiger partial charge in [0.1, 0.15) is 47.6 Å². The van der Waals surface area contributed by atoms with Crippen LogP contribution < -0.4 is 53.2 Å². The van der Waals surface area contributed by atoms with Gasteiger partial charge in [-0.25, -0.2) is 9.59 Å². The van der Waals surface area contributed by atoms with Crippen molar-refractivity contribution in [3.8, 4) is 0 Å². The molecule has 5 rings (SSSR count). The summed E-state index contributed by atoms with van der Waals surface area (Å²) in [6.45, 7) is 16.5. The van der Waals surface area contributed by atoms with E-state index in [9.17, 15) is 47.9 Å². The third kappa shape index (κ3) is 22.1. The molecule has 2 aromatic rings. The van der Waals surface area contributed by atoms with Crippen molar-refractivity contribution in [1.29, 1.82) is 0 Å². The van der Waals surface area contributed by atoms with E-state index >= 15 is 0 Å². The summed E-state index contributed by atoms with van der Waals surface area (Å²) >= 11 is 0. The minimum Gasteiger partial charge on any atom is -0.444 e. The van der Waals surface area contributed by atoms with E-state index in [2.05, 4.69) is 53.2 Å². The van der Waals surface area contributed by atoms with E-state index in [1.54, 1.807) is 102 Å². The van der Waals surface area contributed by atoms with Gasteiger partial charge < -0.3 is 81.6 Å². The van der Waals surface area contributed by atoms with E-state index < -0.39 is 144 Å². The Balaban J connectivity index is 1.55. The molecule has 12 atom stereocenters. The molecule has 3 aliphatic rings. The zero-order valence-electron chi connectivity index (χ0n) is 51.5. The minimum atomic E-state index is -1.52. The fraction of sp³-hybridized carbons (Fsp3) is 0.633. The summed E-state index contributed by atoms with van der Waals surface area (Å²) in [6, 6.07) is 10.2. The lowest BCUT2D eigenvalue weighted by molar-refractivity contribution is -0.141. The van der Waals surface area contributed by atoms with Crippen molar-refractivity contribution in [3.63, 3.8) is 0 Å². The highest BCUT2D eigenvalue weighted by molar-refractivity contribution is 5.95. The molecule has 476 valence electrons. The zero-order valence-corrected chi connectivity index (χ0v) is 51.5. The number of carbonyl (C=O) groups excluding carboxylic acids is 10. The smallest absolute Gasteiger partial charge is 0.407 e. The van der Waals surface area contributed by atoms with Gasteiger partial charge in [0.25, 0.3) is 11.8 Å². The van der Waals surface area contributed by atoms with Gasteiger partial charge in [-0.1, -0.05) is 88.4 Å². The molecular formula is C60H90N10O16. The lowest BCUT2D eigenvalue weighted by Gasteiger charge is -2.28. The second-order valence-electron chi connectivity index (χ2n) is 24.5. The molecule has 3 heterocycles. The molecule has 0 unspecified atom stereocenters. The summed E-state index contributed by atoms with van der Waals surface area (Å²) in [7, 11) is 2.60. The Bertz CT molecular complexity index is 2460. The maximum Gasteiger partial charge on any atom is 0.407 e. The lowest BCUT2D eigenvalue weighted by atomic mass is 9.99. The largest absolute Gasteiger partial charge is 0.444 e. The molecule has 0 aromatic heterocycles. The Morgan fingerprint density at radius 3 is 1.16 bits per heavy atom. The first-order valence-corrected chi connectivity index (χ1v) is 29.3. The van der Waals surface area contributed by atoms with Crippen molar-refractivity contribution in [2.75, 3.05) is 40.4 Å². The van der Waals surface area contributed by atoms with Crippen LogP contribution in [0.25, 0.3) is 0 Å². The standard InChI is InChI=1S/C60H90N10O16/c1-33(2)27-37-51(73)63-31-41-45(69-43(71)23-25-61-57(79)85-59(5,6)7)47(81-11)50(83-41)56(78)68-40(30-36-21-17-14-18-22-36)54(76)66-38(28-34(3)4)52(74)64-32-42-46(70-44(72)24-26-62-58(80)86-60(8,9)10)48(82-12)49(84-42)55(77)67-39(53(75)65-37)29-35-19-15-13-16-20-35/h13-22,33-34,37-42,45-50H,23-32H2,1-12H3,(H,61,79)(H,62,80)(H,63,73)(H,64,74)(H,65,75)(H,66,76)(H,67,77)(H,68,78)(H,69,71)(H,70,72)/t37-,38-,39-,40-,41+,42+,45+,46+,47+,48+,49+,50+/m0/s1. The molecule has 0 radical (unpaired) electrons. The lowest BCUT2D eigenvalue weighted by Crippen LogP contribution is -2.58. The minimum absolute atomic E-state index is 0.0648. The number of benzene rings is 2. The number of fused-ring (bicyclic) bond motifs is 4. The summed E-state index contributed by atoms with van der Waals surface area (Å²) in [5, 5.41) is 27.7. The highest BCUT2D eigenvalue weighted by Crippen LogP contribution is 2.27. The summed E-state index contributed by atoms with van der Waals surface area (Å²) in [4.78, 5) is 140. The first kappa shape index (κ1) is 69.4. The summed E-state index contributed by atoms with van der Waals surface area (Å²) in [6.07, 6.45) is -9.78. The number of methoxy groups -OCH3 is 2. The van der Waals surface area contributed by atoms with Gasteiger partial charge in [-0.15, -0.1) is 0 Å². The van der Waals surface area contributed by atoms with Crippen molar-refractivity contribution in [2.24, 2.45) is 11.8 Å². The Morgan fingerprint density at radius 1 is 0.512 bits per heavy atom. The molecule has 0 saturated carbocycles. The highest BCUT2D eigenvalue weighted by Gasteiger charge is 2.52. The molecule has 0 aliphatic carbocycles. The molecular weight excluding hydrogens is 1120 g/mol. The number of nitrogens with one attached hydrogen (secondary N) is 10. The van der Waals surface area contributed by atoms with Crippen LogP contribution in [0.5, 0.6) is 0 Å². The van der Waals surface area contributed by atoms with Crippen molar-refractivity contribution in [2.45, 2.75) is 192 Å². The van der Waals surface area contributed by atoms with Crippen LogP contribution in [-0.4, -0.2) is 184 Å². The monoisotopic (exact) mass is 1210 g/mol. The van der Waals surface area contributed by atoms with E-state index in [0.717, 1.165) is 0 Å². The van der Waals surface area contributed by atoms with Crippen LogP contribution in [0.1, 0.15) is 106 Å². The second-order valence-corrected chi connectivity index (χ2v) is 24.5. The molecule has 2 aromatic carbocycles. The summed E-state index contributed by atoms with van der Waals surface area (Å²) in [5.41, 5.74) is -0.323. The molecule has 3 fully saturated rings. The van der Waals surface area contributed by atoms with E-state index in [0.29, 0.717) is 11.1 Å². The van der Waals surface area contributed by atoms with E-state index in [4.69, 9.17) is 28.4 Å². The summed E-state index contributed by atoms with van der Waals surface area (Å²) < 4.78 is 35.2. The van der Waals surface area contributed by atoms with Crippen molar-refractivity contribution in [3.05, 3.63) is 71.8 Å². The van der Waals surface area contributed by atoms with E-state index in [1.807, 2.05) is 27.7 Å². The van der Waals surface area contributed by atoms with Crippen LogP contribution in [0, 0.1) is 11.8 Å². The number of alkyl carbamates (subject to hydrolysis) is 2. The average molecular weight is 1210 g/mol. The van der Waals surface area contributed by atoms with Crippen LogP contribution in [0.15, 0.2) is 60.7 Å². The number of ether oxygens (including phenoxy) is 6. The van der Waals surface area contributed by atoms with Crippen LogP contribution in [0.2, 0.25) is 0 Å². The van der Waals surface area contributed by atoms with Crippen LogP contribution in [0.3, 0.4) is 0 Å². The Labute approximate surface area is 503 Å². The molecule has 3 saturated heterocycles. The van der Waals surface area contributed by atoms with Crippen molar-refractivity contribution >= 4 is 59.4 Å². The van der Waals surface area contributed by atoms with Gasteiger partial charge in [0.2, 0.25) is 35.4 Å². The number of rotatable bonds is 18. The Kier molecular flexibility index (Phi) is 26.1. The maximum absolute atomic E-state index is 14.7. The quantitative estimate of drug-likeness (QED) is 0.1000. The first-order valence-electron chi connectivity index (χ1n) is 29.3. The maximum atomic E-state index is 14.7. The zero-order chi connectivity index (χ0) is 63.5. The molecule has 4 bridgehead atoms. The Morgan fingerprint density at radius 2 is 0.849 bits per heavy atom. The van der Waals surface area contributed by atoms with E-state index in [-0.39, 0.29) is 76.5 Å². The van der Waals surface area contributed by atoms with Gasteiger partial charge in [0, 0.05) is 66.1 Å². The number of amides is 10. The fourth-order valence-corrected chi connectivity index (χ4v) is 10.1. The number of carbonyl (C=O) groups is 10. The third-order valence-electron chi connectivity index (χ3n) is 14.0. The predicted octanol–water partition coefficient (Wildman–Crippen LogP) is 1.11. The van der Waals surface area contributed by atoms with Crippen molar-refractivity contribution < 1.29 is 76.4 Å². The van der Waals surface area contributed by atoms with Crippen LogP contribution in [0.4, 0.5) is 9.59 Å². The average Bonchev–Trinajstić information content (AvgIpc) is 2.14. The molecule has 10 N–H and O–H groups in total. The van der Waals surface area contributed by atoms with Gasteiger partial charge in [0.15, 0.2) is 12.2 Å². The second kappa shape index (κ2) is 32.4. The van der Waals surface area contributed by atoms with E-state index in [1.165, 1.54) is 14.2 Å². The highest BCUT2D eigenvalue weighted by atomic mass is 16.6. The predicted molar refractivity (Wildman–Crippen MR) is 313 cm³/mol. The molecule has 10 amide bonds. The van der Waals surface area contributed by atoms with Crippen molar-refractivity contribution in [1.82, 2.24) is 53.2 Å². The van der Waals surface area contributed by atoms with Gasteiger partial charge >= 0.3 is 12.2 Å². The molecule has 26 nitrogen and oxygen atoms in total. The molecule has 86 heavy (non-hydrogen) atoms.